The highest BCUT2D eigenvalue weighted by molar-refractivity contribution is 5.80. The molecule has 1 aliphatic heterocycles. The standard InChI is InChI=1S/C24H24F3N3O4/c25-12-18(13-26)34-22-10-19-21(11-20(22)27)30(17-6-8-28(15-31)9-7-17)24(33)29(23(19)32)14-16-4-2-1-3-5-16/h1-5,10-11,15,17-18H,6-9,12-14H2. The smallest absolute Gasteiger partial charge is 0.332 e. The molecule has 0 spiro atoms. The zero-order chi connectivity index (χ0) is 24.2. The molecule has 0 atom stereocenters. The summed E-state index contributed by atoms with van der Waals surface area (Å²) in [4.78, 5) is 39.5. The van der Waals surface area contributed by atoms with Crippen molar-refractivity contribution in [2.45, 2.75) is 31.5 Å². The number of piperidine rings is 1. The summed E-state index contributed by atoms with van der Waals surface area (Å²) in [6, 6.07) is 10.7. The van der Waals surface area contributed by atoms with Gasteiger partial charge < -0.3 is 9.64 Å². The first-order valence-electron chi connectivity index (χ1n) is 11.0. The predicted molar refractivity (Wildman–Crippen MR) is 120 cm³/mol. The van der Waals surface area contributed by atoms with E-state index in [1.54, 1.807) is 29.2 Å². The van der Waals surface area contributed by atoms with Crippen LogP contribution in [0, 0.1) is 5.82 Å². The predicted octanol–water partition coefficient (Wildman–Crippen LogP) is 2.83. The molecule has 0 radical (unpaired) electrons. The number of ether oxygens (including phenoxy) is 1. The number of hydrogen-bond donors (Lipinski definition) is 0. The summed E-state index contributed by atoms with van der Waals surface area (Å²) < 4.78 is 48.4. The Balaban J connectivity index is 1.90. The van der Waals surface area contributed by atoms with Crippen LogP contribution in [-0.2, 0) is 11.3 Å². The van der Waals surface area contributed by atoms with Crippen molar-refractivity contribution < 1.29 is 22.7 Å². The molecule has 10 heteroatoms. The number of carbonyl (C=O) groups excluding carboxylic acids is 1. The zero-order valence-electron chi connectivity index (χ0n) is 18.3. The molecule has 34 heavy (non-hydrogen) atoms. The molecular formula is C24H24F3N3O4. The van der Waals surface area contributed by atoms with Gasteiger partial charge in [-0.2, -0.15) is 0 Å². The number of hydrogen-bond acceptors (Lipinski definition) is 4. The molecule has 3 aromatic rings. The van der Waals surface area contributed by atoms with E-state index in [2.05, 4.69) is 0 Å². The number of alkyl halides is 2. The highest BCUT2D eigenvalue weighted by Gasteiger charge is 2.26. The van der Waals surface area contributed by atoms with E-state index < -0.39 is 42.3 Å². The second-order valence-corrected chi connectivity index (χ2v) is 8.25. The minimum absolute atomic E-state index is 0.00112. The van der Waals surface area contributed by atoms with Gasteiger partial charge in [0, 0.05) is 25.2 Å². The molecule has 0 bridgehead atoms. The Kier molecular flexibility index (Phi) is 7.04. The number of fused-ring (bicyclic) bond motifs is 1. The Bertz CT molecular complexity index is 1280. The summed E-state index contributed by atoms with van der Waals surface area (Å²) in [5.41, 5.74) is -0.459. The third-order valence-electron chi connectivity index (χ3n) is 6.06. The Morgan fingerprint density at radius 3 is 2.35 bits per heavy atom. The van der Waals surface area contributed by atoms with Gasteiger partial charge in [-0.15, -0.1) is 0 Å². The van der Waals surface area contributed by atoms with Crippen LogP contribution >= 0.6 is 0 Å². The summed E-state index contributed by atoms with van der Waals surface area (Å²) in [5.74, 6) is -1.39. The second kappa shape index (κ2) is 10.1. The van der Waals surface area contributed by atoms with Crippen LogP contribution in [0.15, 0.2) is 52.1 Å². The van der Waals surface area contributed by atoms with E-state index >= 15 is 0 Å². The van der Waals surface area contributed by atoms with Crippen LogP contribution < -0.4 is 16.0 Å². The normalized spacial score (nSPS) is 14.6. The first-order chi connectivity index (χ1) is 16.5. The van der Waals surface area contributed by atoms with Gasteiger partial charge in [-0.1, -0.05) is 30.3 Å². The van der Waals surface area contributed by atoms with Gasteiger partial charge in [0.2, 0.25) is 6.41 Å². The number of nitrogens with zero attached hydrogens (tertiary/aromatic N) is 3. The summed E-state index contributed by atoms with van der Waals surface area (Å²) >= 11 is 0. The van der Waals surface area contributed by atoms with E-state index in [4.69, 9.17) is 4.74 Å². The average Bonchev–Trinajstić information content (AvgIpc) is 2.87. The number of halogens is 3. The van der Waals surface area contributed by atoms with E-state index in [1.165, 1.54) is 4.57 Å². The highest BCUT2D eigenvalue weighted by atomic mass is 19.1. The van der Waals surface area contributed by atoms with E-state index in [1.807, 2.05) is 6.07 Å². The quantitative estimate of drug-likeness (QED) is 0.470. The van der Waals surface area contributed by atoms with Crippen molar-refractivity contribution in [3.8, 4) is 5.75 Å². The topological polar surface area (TPSA) is 73.5 Å². The van der Waals surface area contributed by atoms with Crippen LogP contribution in [0.1, 0.15) is 24.4 Å². The molecule has 0 unspecified atom stereocenters. The summed E-state index contributed by atoms with van der Waals surface area (Å²) in [7, 11) is 0. The molecule has 0 aliphatic carbocycles. The monoisotopic (exact) mass is 475 g/mol. The Morgan fingerprint density at radius 2 is 1.74 bits per heavy atom. The Morgan fingerprint density at radius 1 is 1.06 bits per heavy atom. The molecule has 2 heterocycles. The number of rotatable bonds is 8. The minimum Gasteiger partial charge on any atom is -0.482 e. The molecule has 1 fully saturated rings. The Labute approximate surface area is 193 Å². The maximum atomic E-state index is 14.9. The van der Waals surface area contributed by atoms with Gasteiger partial charge in [0.25, 0.3) is 5.56 Å². The van der Waals surface area contributed by atoms with Gasteiger partial charge in [0.15, 0.2) is 17.7 Å². The molecular weight excluding hydrogens is 451 g/mol. The molecule has 0 saturated carbocycles. The highest BCUT2D eigenvalue weighted by Crippen LogP contribution is 2.28. The molecule has 180 valence electrons. The zero-order valence-corrected chi connectivity index (χ0v) is 18.3. The van der Waals surface area contributed by atoms with Crippen molar-refractivity contribution in [1.29, 1.82) is 0 Å². The molecule has 1 aromatic heterocycles. The second-order valence-electron chi connectivity index (χ2n) is 8.25. The molecule has 1 saturated heterocycles. The fraction of sp³-hybridized carbons (Fsp3) is 0.375. The number of carbonyl (C=O) groups is 1. The molecule has 1 aliphatic rings. The number of amides is 1. The lowest BCUT2D eigenvalue weighted by molar-refractivity contribution is -0.119. The van der Waals surface area contributed by atoms with Crippen LogP contribution in [-0.4, -0.2) is 53.0 Å². The summed E-state index contributed by atoms with van der Waals surface area (Å²) in [6.07, 6.45) is 0.131. The van der Waals surface area contributed by atoms with Crippen LogP contribution in [0.5, 0.6) is 5.75 Å². The van der Waals surface area contributed by atoms with Gasteiger partial charge in [-0.05, 0) is 24.5 Å². The van der Waals surface area contributed by atoms with Gasteiger partial charge in [-0.3, -0.25) is 18.7 Å². The molecule has 7 nitrogen and oxygen atoms in total. The SMILES string of the molecule is O=CN1CCC(n2c(=O)n(Cc3ccccc3)c(=O)c3cc(OC(CF)CF)c(F)cc32)CC1. The van der Waals surface area contributed by atoms with Crippen LogP contribution in [0.4, 0.5) is 13.2 Å². The van der Waals surface area contributed by atoms with E-state index in [-0.39, 0.29) is 23.5 Å². The third kappa shape index (κ3) is 4.57. The molecule has 2 aromatic carbocycles. The van der Waals surface area contributed by atoms with Crippen LogP contribution in [0.3, 0.4) is 0 Å². The van der Waals surface area contributed by atoms with Crippen molar-refractivity contribution in [1.82, 2.24) is 14.0 Å². The lowest BCUT2D eigenvalue weighted by Crippen LogP contribution is -2.44. The van der Waals surface area contributed by atoms with Gasteiger partial charge in [0.1, 0.15) is 13.3 Å². The lowest BCUT2D eigenvalue weighted by atomic mass is 10.0. The largest absolute Gasteiger partial charge is 0.482 e. The maximum Gasteiger partial charge on any atom is 0.332 e. The van der Waals surface area contributed by atoms with Gasteiger partial charge in [0.05, 0.1) is 17.4 Å². The number of aromatic nitrogens is 2. The van der Waals surface area contributed by atoms with Crippen LogP contribution in [0.2, 0.25) is 0 Å². The first kappa shape index (κ1) is 23.6. The molecule has 1 amide bonds. The number of benzene rings is 2. The third-order valence-corrected chi connectivity index (χ3v) is 6.06. The van der Waals surface area contributed by atoms with E-state index in [9.17, 15) is 27.6 Å². The van der Waals surface area contributed by atoms with Gasteiger partial charge in [-0.25, -0.2) is 18.0 Å². The number of likely N-dealkylation sites (tertiary alicyclic amines) is 1. The Hall–Kier alpha value is -3.56. The maximum absolute atomic E-state index is 14.9. The van der Waals surface area contributed by atoms with Crippen molar-refractivity contribution in [2.75, 3.05) is 26.4 Å². The van der Waals surface area contributed by atoms with Crippen molar-refractivity contribution >= 4 is 17.3 Å². The van der Waals surface area contributed by atoms with Crippen molar-refractivity contribution in [3.63, 3.8) is 0 Å². The minimum atomic E-state index is -1.50. The van der Waals surface area contributed by atoms with Crippen LogP contribution in [0.25, 0.3) is 10.9 Å². The first-order valence-corrected chi connectivity index (χ1v) is 11.0. The molecule has 4 rings (SSSR count). The van der Waals surface area contributed by atoms with Gasteiger partial charge >= 0.3 is 5.69 Å². The summed E-state index contributed by atoms with van der Waals surface area (Å²) in [6.45, 7) is -1.51. The van der Waals surface area contributed by atoms with E-state index in [0.717, 1.165) is 28.7 Å². The van der Waals surface area contributed by atoms with Crippen molar-refractivity contribution in [2.24, 2.45) is 0 Å². The fourth-order valence-corrected chi connectivity index (χ4v) is 4.26. The van der Waals surface area contributed by atoms with E-state index in [0.29, 0.717) is 25.9 Å². The average molecular weight is 475 g/mol. The molecule has 0 N–H and O–H groups in total. The van der Waals surface area contributed by atoms with Crippen molar-refractivity contribution in [3.05, 3.63) is 74.7 Å². The fourth-order valence-electron chi connectivity index (χ4n) is 4.26. The summed E-state index contributed by atoms with van der Waals surface area (Å²) in [5, 5.41) is 0.00112. The lowest BCUT2D eigenvalue weighted by Gasteiger charge is -2.31.